The van der Waals surface area contributed by atoms with Crippen molar-refractivity contribution in [3.05, 3.63) is 0 Å². The SMILES string of the molecule is CCCCCC(C)(C)N.O=C(O)O. The Balaban J connectivity index is 0. The van der Waals surface area contributed by atoms with Crippen molar-refractivity contribution in [3.63, 3.8) is 0 Å². The summed E-state index contributed by atoms with van der Waals surface area (Å²) in [6.07, 6.45) is 3.21. The van der Waals surface area contributed by atoms with Gasteiger partial charge in [-0.2, -0.15) is 0 Å². The van der Waals surface area contributed by atoms with E-state index < -0.39 is 6.16 Å². The van der Waals surface area contributed by atoms with Crippen LogP contribution in [0.4, 0.5) is 4.79 Å². The van der Waals surface area contributed by atoms with Crippen molar-refractivity contribution in [1.29, 1.82) is 0 Å². The number of hydrogen-bond donors (Lipinski definition) is 3. The van der Waals surface area contributed by atoms with Gasteiger partial charge in [-0.05, 0) is 20.3 Å². The minimum Gasteiger partial charge on any atom is -0.450 e. The Hall–Kier alpha value is -0.770. The van der Waals surface area contributed by atoms with Crippen LogP contribution >= 0.6 is 0 Å². The van der Waals surface area contributed by atoms with Crippen molar-refractivity contribution in [1.82, 2.24) is 0 Å². The molecule has 0 aromatic heterocycles. The summed E-state index contributed by atoms with van der Waals surface area (Å²) in [5, 5.41) is 13.9. The number of hydrogen-bond acceptors (Lipinski definition) is 2. The smallest absolute Gasteiger partial charge is 0.450 e. The second-order valence-electron chi connectivity index (χ2n) is 3.73. The zero-order valence-electron chi connectivity index (χ0n) is 8.71. The van der Waals surface area contributed by atoms with Gasteiger partial charge in [-0.3, -0.25) is 0 Å². The van der Waals surface area contributed by atoms with Gasteiger partial charge in [0.05, 0.1) is 0 Å². The molecule has 0 aromatic carbocycles. The van der Waals surface area contributed by atoms with E-state index in [1.807, 2.05) is 0 Å². The van der Waals surface area contributed by atoms with Crippen LogP contribution in [0, 0.1) is 0 Å². The van der Waals surface area contributed by atoms with Crippen LogP contribution < -0.4 is 5.73 Å². The number of carboxylic acid groups (broad SMARTS) is 2. The zero-order chi connectivity index (χ0) is 10.9. The lowest BCUT2D eigenvalue weighted by Gasteiger charge is -2.17. The molecule has 0 aliphatic carbocycles. The molecular weight excluding hydrogens is 170 g/mol. The van der Waals surface area contributed by atoms with Gasteiger partial charge in [0.25, 0.3) is 0 Å². The molecule has 0 atom stereocenters. The highest BCUT2D eigenvalue weighted by atomic mass is 16.6. The Kier molecular flexibility index (Phi) is 8.91. The molecule has 0 rings (SSSR count). The number of carbonyl (C=O) groups is 1. The molecule has 4 nitrogen and oxygen atoms in total. The van der Waals surface area contributed by atoms with E-state index in [4.69, 9.17) is 20.7 Å². The lowest BCUT2D eigenvalue weighted by Crippen LogP contribution is -2.31. The van der Waals surface area contributed by atoms with Crippen LogP contribution in [0.3, 0.4) is 0 Å². The molecule has 4 heteroatoms. The fourth-order valence-electron chi connectivity index (χ4n) is 0.831. The molecule has 0 aromatic rings. The summed E-state index contributed by atoms with van der Waals surface area (Å²) in [4.78, 5) is 8.56. The van der Waals surface area contributed by atoms with Crippen LogP contribution in [0.1, 0.15) is 46.5 Å². The fraction of sp³-hybridized carbons (Fsp3) is 0.889. The van der Waals surface area contributed by atoms with Gasteiger partial charge >= 0.3 is 6.16 Å². The molecule has 0 aliphatic rings. The summed E-state index contributed by atoms with van der Waals surface area (Å²) in [6.45, 7) is 6.38. The zero-order valence-corrected chi connectivity index (χ0v) is 8.71. The molecule has 0 bridgehead atoms. The van der Waals surface area contributed by atoms with Gasteiger partial charge in [-0.25, -0.2) is 4.79 Å². The molecule has 0 saturated carbocycles. The molecule has 0 radical (unpaired) electrons. The normalized spacial score (nSPS) is 10.2. The monoisotopic (exact) mass is 191 g/mol. The average Bonchev–Trinajstić information content (AvgIpc) is 1.83. The second-order valence-corrected chi connectivity index (χ2v) is 3.73. The molecule has 0 aliphatic heterocycles. The van der Waals surface area contributed by atoms with Gasteiger partial charge in [0, 0.05) is 5.54 Å². The van der Waals surface area contributed by atoms with E-state index in [1.54, 1.807) is 0 Å². The maximum atomic E-state index is 8.56. The summed E-state index contributed by atoms with van der Waals surface area (Å²) in [6, 6.07) is 0. The first-order valence-corrected chi connectivity index (χ1v) is 4.50. The minimum absolute atomic E-state index is 0.0508. The fourth-order valence-corrected chi connectivity index (χ4v) is 0.831. The third-order valence-electron chi connectivity index (χ3n) is 1.42. The Labute approximate surface area is 79.8 Å². The molecule has 0 spiro atoms. The molecule has 0 saturated heterocycles. The summed E-state index contributed by atoms with van der Waals surface area (Å²) in [5.74, 6) is 0. The highest BCUT2D eigenvalue weighted by Crippen LogP contribution is 2.09. The predicted molar refractivity (Wildman–Crippen MR) is 53.1 cm³/mol. The summed E-state index contributed by atoms with van der Waals surface area (Å²) < 4.78 is 0. The van der Waals surface area contributed by atoms with Crippen LogP contribution in [0.25, 0.3) is 0 Å². The first-order valence-electron chi connectivity index (χ1n) is 4.50. The van der Waals surface area contributed by atoms with Gasteiger partial charge < -0.3 is 15.9 Å². The van der Waals surface area contributed by atoms with E-state index in [0.29, 0.717) is 0 Å². The van der Waals surface area contributed by atoms with E-state index in [0.717, 1.165) is 6.42 Å². The van der Waals surface area contributed by atoms with Crippen molar-refractivity contribution in [3.8, 4) is 0 Å². The molecule has 0 fully saturated rings. The molecule has 0 amide bonds. The Morgan fingerprint density at radius 3 is 1.92 bits per heavy atom. The van der Waals surface area contributed by atoms with Gasteiger partial charge in [0.15, 0.2) is 0 Å². The molecule has 4 N–H and O–H groups in total. The Morgan fingerprint density at radius 1 is 1.31 bits per heavy atom. The van der Waals surface area contributed by atoms with Crippen LogP contribution in [0.5, 0.6) is 0 Å². The topological polar surface area (TPSA) is 83.6 Å². The molecule has 0 unspecified atom stereocenters. The molecular formula is C9H21NO3. The first kappa shape index (κ1) is 14.7. The second kappa shape index (κ2) is 7.86. The van der Waals surface area contributed by atoms with Crippen molar-refractivity contribution in [2.45, 2.75) is 52.0 Å². The van der Waals surface area contributed by atoms with Gasteiger partial charge in [0.1, 0.15) is 0 Å². The van der Waals surface area contributed by atoms with Gasteiger partial charge in [-0.15, -0.1) is 0 Å². The maximum Gasteiger partial charge on any atom is 0.503 e. The standard InChI is InChI=1S/C8H19N.CH2O3/c1-4-5-6-7-8(2,3)9;2-1(3)4/h4-7,9H2,1-3H3;(H2,2,3,4). The lowest BCUT2D eigenvalue weighted by molar-refractivity contribution is 0.137. The van der Waals surface area contributed by atoms with E-state index in [2.05, 4.69) is 20.8 Å². The van der Waals surface area contributed by atoms with Gasteiger partial charge in [-0.1, -0.05) is 26.2 Å². The molecule has 80 valence electrons. The minimum atomic E-state index is -1.83. The first-order chi connectivity index (χ1) is 5.79. The highest BCUT2D eigenvalue weighted by Gasteiger charge is 2.08. The van der Waals surface area contributed by atoms with E-state index in [1.165, 1.54) is 19.3 Å². The van der Waals surface area contributed by atoms with Crippen LogP contribution in [0.15, 0.2) is 0 Å². The van der Waals surface area contributed by atoms with E-state index in [9.17, 15) is 0 Å². The van der Waals surface area contributed by atoms with Crippen LogP contribution in [-0.2, 0) is 0 Å². The molecule has 0 heterocycles. The predicted octanol–water partition coefficient (Wildman–Crippen LogP) is 2.53. The van der Waals surface area contributed by atoms with Gasteiger partial charge in [0.2, 0.25) is 0 Å². The average molecular weight is 191 g/mol. The Morgan fingerprint density at radius 2 is 1.69 bits per heavy atom. The van der Waals surface area contributed by atoms with Crippen molar-refractivity contribution in [2.75, 3.05) is 0 Å². The number of nitrogens with two attached hydrogens (primary N) is 1. The highest BCUT2D eigenvalue weighted by molar-refractivity contribution is 5.53. The number of unbranched alkanes of at least 4 members (excludes halogenated alkanes) is 2. The maximum absolute atomic E-state index is 8.56. The summed E-state index contributed by atoms with van der Waals surface area (Å²) in [5.41, 5.74) is 5.83. The lowest BCUT2D eigenvalue weighted by atomic mass is 9.98. The van der Waals surface area contributed by atoms with Crippen LogP contribution in [0.2, 0.25) is 0 Å². The van der Waals surface area contributed by atoms with E-state index >= 15 is 0 Å². The third-order valence-corrected chi connectivity index (χ3v) is 1.42. The van der Waals surface area contributed by atoms with Crippen molar-refractivity contribution in [2.24, 2.45) is 5.73 Å². The summed E-state index contributed by atoms with van der Waals surface area (Å²) >= 11 is 0. The Bertz CT molecular complexity index is 125. The van der Waals surface area contributed by atoms with Crippen molar-refractivity contribution < 1.29 is 15.0 Å². The summed E-state index contributed by atoms with van der Waals surface area (Å²) in [7, 11) is 0. The largest absolute Gasteiger partial charge is 0.503 e. The van der Waals surface area contributed by atoms with Crippen LogP contribution in [-0.4, -0.2) is 21.9 Å². The third kappa shape index (κ3) is 35.0. The molecule has 13 heavy (non-hydrogen) atoms. The van der Waals surface area contributed by atoms with Crippen molar-refractivity contribution >= 4 is 6.16 Å². The quantitative estimate of drug-likeness (QED) is 0.596. The van der Waals surface area contributed by atoms with E-state index in [-0.39, 0.29) is 5.54 Å². The number of rotatable bonds is 4.